The Morgan fingerprint density at radius 1 is 1.00 bits per heavy atom. The van der Waals surface area contributed by atoms with E-state index in [-0.39, 0.29) is 31.9 Å². The summed E-state index contributed by atoms with van der Waals surface area (Å²) < 4.78 is 78.1. The van der Waals surface area contributed by atoms with Gasteiger partial charge in [0, 0.05) is 32.2 Å². The molecule has 0 N–H and O–H groups in total. The summed E-state index contributed by atoms with van der Waals surface area (Å²) in [5, 5.41) is 0. The van der Waals surface area contributed by atoms with Gasteiger partial charge >= 0.3 is 0 Å². The van der Waals surface area contributed by atoms with Gasteiger partial charge in [-0.15, -0.1) is 0 Å². The summed E-state index contributed by atoms with van der Waals surface area (Å²) in [5.41, 5.74) is 0. The van der Waals surface area contributed by atoms with Gasteiger partial charge in [-0.2, -0.15) is 8.61 Å². The predicted octanol–water partition coefficient (Wildman–Crippen LogP) is 1.40. The van der Waals surface area contributed by atoms with E-state index in [0.717, 1.165) is 22.9 Å². The Morgan fingerprint density at radius 2 is 1.58 bits per heavy atom. The molecule has 24 heavy (non-hydrogen) atoms. The van der Waals surface area contributed by atoms with Crippen molar-refractivity contribution in [2.24, 2.45) is 0 Å². The van der Waals surface area contributed by atoms with Crippen LogP contribution in [0.15, 0.2) is 23.1 Å². The van der Waals surface area contributed by atoms with Crippen molar-refractivity contribution < 1.29 is 25.6 Å². The van der Waals surface area contributed by atoms with Crippen LogP contribution in [0.25, 0.3) is 0 Å². The molecule has 1 fully saturated rings. The molecule has 0 amide bonds. The normalized spacial score (nSPS) is 18.0. The lowest BCUT2D eigenvalue weighted by Crippen LogP contribution is -2.51. The first-order chi connectivity index (χ1) is 11.2. The van der Waals surface area contributed by atoms with Gasteiger partial charge < -0.3 is 0 Å². The quantitative estimate of drug-likeness (QED) is 0.745. The fourth-order valence-corrected chi connectivity index (χ4v) is 5.57. The van der Waals surface area contributed by atoms with Crippen LogP contribution < -0.4 is 0 Å². The molecule has 0 aromatic heterocycles. The van der Waals surface area contributed by atoms with Gasteiger partial charge in [0.2, 0.25) is 20.0 Å². The monoisotopic (exact) mass is 382 g/mol. The van der Waals surface area contributed by atoms with Gasteiger partial charge in [-0.05, 0) is 18.6 Å². The summed E-state index contributed by atoms with van der Waals surface area (Å²) >= 11 is 0. The highest BCUT2D eigenvalue weighted by Gasteiger charge is 2.34. The van der Waals surface area contributed by atoms with Crippen molar-refractivity contribution in [3.05, 3.63) is 29.8 Å². The number of benzene rings is 1. The van der Waals surface area contributed by atoms with Gasteiger partial charge in [0.25, 0.3) is 0 Å². The van der Waals surface area contributed by atoms with Gasteiger partial charge in [-0.3, -0.25) is 0 Å². The number of hydrogen-bond donors (Lipinski definition) is 0. The van der Waals surface area contributed by atoms with Crippen LogP contribution in [0.2, 0.25) is 0 Å². The third-order valence-electron chi connectivity index (χ3n) is 3.86. The van der Waals surface area contributed by atoms with Crippen LogP contribution in [0.3, 0.4) is 0 Å². The van der Waals surface area contributed by atoms with Crippen molar-refractivity contribution in [2.45, 2.75) is 24.7 Å². The molecule has 1 saturated heterocycles. The van der Waals surface area contributed by atoms with E-state index in [2.05, 4.69) is 0 Å². The number of hydrogen-bond acceptors (Lipinski definition) is 4. The minimum atomic E-state index is -4.13. The van der Waals surface area contributed by atoms with E-state index in [1.807, 2.05) is 6.92 Å². The van der Waals surface area contributed by atoms with Crippen LogP contribution in [0.5, 0.6) is 0 Å². The minimum Gasteiger partial charge on any atom is -0.212 e. The highest BCUT2D eigenvalue weighted by Crippen LogP contribution is 2.22. The number of unbranched alkanes of at least 4 members (excludes halogenated alkanes) is 1. The summed E-state index contributed by atoms with van der Waals surface area (Å²) in [6.07, 6.45) is 1.29. The Kier molecular flexibility index (Phi) is 5.95. The second-order valence-corrected chi connectivity index (χ2v) is 9.54. The summed E-state index contributed by atoms with van der Waals surface area (Å²) in [6.45, 7) is 1.80. The van der Waals surface area contributed by atoms with Crippen molar-refractivity contribution in [3.8, 4) is 0 Å². The van der Waals surface area contributed by atoms with Gasteiger partial charge in [0.05, 0.1) is 5.75 Å². The number of piperazine rings is 1. The van der Waals surface area contributed by atoms with Crippen molar-refractivity contribution in [3.63, 3.8) is 0 Å². The molecule has 2 rings (SSSR count). The van der Waals surface area contributed by atoms with Crippen LogP contribution in [0.4, 0.5) is 8.78 Å². The van der Waals surface area contributed by atoms with Gasteiger partial charge in [-0.25, -0.2) is 25.6 Å². The second kappa shape index (κ2) is 7.42. The topological polar surface area (TPSA) is 74.8 Å². The zero-order valence-corrected chi connectivity index (χ0v) is 14.9. The smallest absolute Gasteiger partial charge is 0.212 e. The molecule has 136 valence electrons. The molecule has 1 aromatic rings. The predicted molar refractivity (Wildman–Crippen MR) is 85.4 cm³/mol. The molecule has 0 saturated carbocycles. The minimum absolute atomic E-state index is 0.0219. The SMILES string of the molecule is CCCCS(=O)(=O)N1CCN(S(=O)(=O)c2ccc(F)cc2F)CC1. The maximum atomic E-state index is 13.8. The maximum Gasteiger partial charge on any atom is 0.246 e. The lowest BCUT2D eigenvalue weighted by atomic mass is 10.3. The van der Waals surface area contributed by atoms with E-state index in [9.17, 15) is 25.6 Å². The van der Waals surface area contributed by atoms with Gasteiger partial charge in [0.15, 0.2) is 0 Å². The molecular formula is C14H20F2N2O4S2. The van der Waals surface area contributed by atoms with Gasteiger partial charge in [0.1, 0.15) is 16.5 Å². The number of rotatable bonds is 6. The molecule has 10 heteroatoms. The van der Waals surface area contributed by atoms with Crippen molar-refractivity contribution in [1.82, 2.24) is 8.61 Å². The molecule has 0 radical (unpaired) electrons. The van der Waals surface area contributed by atoms with E-state index in [4.69, 9.17) is 0 Å². The molecule has 0 bridgehead atoms. The number of sulfonamides is 2. The second-order valence-electron chi connectivity index (χ2n) is 5.55. The van der Waals surface area contributed by atoms with E-state index >= 15 is 0 Å². The molecule has 1 aliphatic heterocycles. The molecule has 6 nitrogen and oxygen atoms in total. The third-order valence-corrected chi connectivity index (χ3v) is 7.75. The first kappa shape index (κ1) is 19.2. The van der Waals surface area contributed by atoms with Crippen LogP contribution in [-0.4, -0.2) is 57.4 Å². The Labute approximate surface area is 141 Å². The molecule has 0 spiro atoms. The molecular weight excluding hydrogens is 362 g/mol. The zero-order valence-electron chi connectivity index (χ0n) is 13.3. The van der Waals surface area contributed by atoms with Gasteiger partial charge in [-0.1, -0.05) is 13.3 Å². The van der Waals surface area contributed by atoms with E-state index < -0.39 is 36.6 Å². The molecule has 1 heterocycles. The third kappa shape index (κ3) is 4.11. The van der Waals surface area contributed by atoms with E-state index in [0.29, 0.717) is 12.5 Å². The highest BCUT2D eigenvalue weighted by atomic mass is 32.2. The summed E-state index contributed by atoms with van der Waals surface area (Å²) in [5.74, 6) is -1.99. The summed E-state index contributed by atoms with van der Waals surface area (Å²) in [7, 11) is -7.53. The zero-order chi connectivity index (χ0) is 18.0. The van der Waals surface area contributed by atoms with Crippen molar-refractivity contribution >= 4 is 20.0 Å². The molecule has 0 unspecified atom stereocenters. The average molecular weight is 382 g/mol. The first-order valence-electron chi connectivity index (χ1n) is 7.61. The Hall–Kier alpha value is -1.10. The Bertz CT molecular complexity index is 789. The molecule has 0 aliphatic carbocycles. The fraction of sp³-hybridized carbons (Fsp3) is 0.571. The van der Waals surface area contributed by atoms with Crippen molar-refractivity contribution in [2.75, 3.05) is 31.9 Å². The lowest BCUT2D eigenvalue weighted by Gasteiger charge is -2.33. The Balaban J connectivity index is 2.11. The van der Waals surface area contributed by atoms with Crippen LogP contribution in [0.1, 0.15) is 19.8 Å². The molecule has 1 aliphatic rings. The van der Waals surface area contributed by atoms with Crippen LogP contribution >= 0.6 is 0 Å². The average Bonchev–Trinajstić information content (AvgIpc) is 2.52. The van der Waals surface area contributed by atoms with Crippen LogP contribution in [-0.2, 0) is 20.0 Å². The first-order valence-corrected chi connectivity index (χ1v) is 10.7. The van der Waals surface area contributed by atoms with E-state index in [1.54, 1.807) is 0 Å². The number of halogens is 2. The Morgan fingerprint density at radius 3 is 2.12 bits per heavy atom. The highest BCUT2D eigenvalue weighted by molar-refractivity contribution is 7.89. The fourth-order valence-electron chi connectivity index (χ4n) is 2.47. The van der Waals surface area contributed by atoms with Crippen LogP contribution in [0, 0.1) is 11.6 Å². The maximum absolute atomic E-state index is 13.8. The molecule has 1 aromatic carbocycles. The van der Waals surface area contributed by atoms with E-state index in [1.165, 1.54) is 4.31 Å². The molecule has 0 atom stereocenters. The summed E-state index contributed by atoms with van der Waals surface area (Å²) in [6, 6.07) is 2.27. The largest absolute Gasteiger partial charge is 0.246 e. The summed E-state index contributed by atoms with van der Waals surface area (Å²) in [4.78, 5) is -0.605. The number of nitrogens with zero attached hydrogens (tertiary/aromatic N) is 2. The standard InChI is InChI=1S/C14H20F2N2O4S2/c1-2-3-10-23(19,20)17-6-8-18(9-7-17)24(21,22)14-5-4-12(15)11-13(14)16/h4-5,11H,2-3,6-10H2,1H3. The lowest BCUT2D eigenvalue weighted by molar-refractivity contribution is 0.272. The van der Waals surface area contributed by atoms with Crippen molar-refractivity contribution in [1.29, 1.82) is 0 Å².